The number of hydrogen-bond acceptors (Lipinski definition) is 4. The molecule has 108 valence electrons. The Kier molecular flexibility index (Phi) is 5.15. The summed E-state index contributed by atoms with van der Waals surface area (Å²) in [6.07, 6.45) is 1.78. The Bertz CT molecular complexity index is 548. The fourth-order valence-electron chi connectivity index (χ4n) is 1.80. The number of halogens is 1. The topological polar surface area (TPSA) is 33.1 Å². The maximum Gasteiger partial charge on any atom is 0.114 e. The van der Waals surface area contributed by atoms with Crippen LogP contribution in [0.15, 0.2) is 40.9 Å². The molecule has 1 N–H and O–H groups in total. The van der Waals surface area contributed by atoms with Gasteiger partial charge in [-0.25, -0.2) is 0 Å². The molecule has 0 spiro atoms. The molecule has 1 aromatic heterocycles. The van der Waals surface area contributed by atoms with Crippen LogP contribution in [0.3, 0.4) is 0 Å². The molecular weight excluding hydrogens is 401 g/mol. The number of nitrogens with zero attached hydrogens (tertiary/aromatic N) is 1. The number of aliphatic hydroxyl groups is 1. The van der Waals surface area contributed by atoms with E-state index in [9.17, 15) is 5.11 Å². The third-order valence-electron chi connectivity index (χ3n) is 3.34. The van der Waals surface area contributed by atoms with Crippen molar-refractivity contribution in [2.75, 3.05) is 5.75 Å². The van der Waals surface area contributed by atoms with E-state index in [1.807, 2.05) is 0 Å². The largest absolute Gasteiger partial charge is 0.383 e. The van der Waals surface area contributed by atoms with E-state index in [0.717, 1.165) is 4.88 Å². The van der Waals surface area contributed by atoms with Gasteiger partial charge in [0.2, 0.25) is 0 Å². The Balaban J connectivity index is 2.20. The van der Waals surface area contributed by atoms with Gasteiger partial charge in [-0.3, -0.25) is 4.98 Å². The van der Waals surface area contributed by atoms with Crippen LogP contribution in [0.4, 0.5) is 0 Å². The lowest BCUT2D eigenvalue weighted by Crippen LogP contribution is -2.41. The molecule has 5 heteroatoms. The van der Waals surface area contributed by atoms with E-state index in [-0.39, 0.29) is 5.41 Å². The summed E-state index contributed by atoms with van der Waals surface area (Å²) < 4.78 is 1.22. The van der Waals surface area contributed by atoms with Gasteiger partial charge in [-0.1, -0.05) is 20.8 Å². The van der Waals surface area contributed by atoms with Crippen LogP contribution in [-0.4, -0.2) is 15.8 Å². The van der Waals surface area contributed by atoms with Gasteiger partial charge in [0.1, 0.15) is 5.60 Å². The molecule has 1 unspecified atom stereocenters. The Hall–Kier alpha value is -0.110. The summed E-state index contributed by atoms with van der Waals surface area (Å²) in [6.45, 7) is 6.21. The predicted molar refractivity (Wildman–Crippen MR) is 95.3 cm³/mol. The number of rotatable bonds is 4. The first kappa shape index (κ1) is 16.3. The Morgan fingerprint density at radius 1 is 1.25 bits per heavy atom. The summed E-state index contributed by atoms with van der Waals surface area (Å²) in [6, 6.07) is 8.38. The number of aromatic nitrogens is 1. The van der Waals surface area contributed by atoms with Gasteiger partial charge in [0.05, 0.1) is 10.4 Å². The molecule has 1 aromatic carbocycles. The van der Waals surface area contributed by atoms with Crippen LogP contribution < -0.4 is 0 Å². The molecule has 0 saturated heterocycles. The summed E-state index contributed by atoms with van der Waals surface area (Å²) in [5.41, 5.74) is 0.666. The van der Waals surface area contributed by atoms with Crippen molar-refractivity contribution in [3.63, 3.8) is 0 Å². The van der Waals surface area contributed by atoms with Crippen molar-refractivity contribution in [3.8, 4) is 0 Å². The van der Waals surface area contributed by atoms with Gasteiger partial charge in [-0.15, -0.1) is 23.1 Å². The average Bonchev–Trinajstić information content (AvgIpc) is 2.90. The van der Waals surface area contributed by atoms with Crippen LogP contribution in [0.2, 0.25) is 0 Å². The molecular formula is C15H18INOS2. The maximum atomic E-state index is 11.2. The van der Waals surface area contributed by atoms with Crippen LogP contribution in [0, 0.1) is 8.99 Å². The lowest BCUT2D eigenvalue weighted by Gasteiger charge is -2.39. The van der Waals surface area contributed by atoms with Gasteiger partial charge in [-0.05, 0) is 52.3 Å². The molecule has 1 heterocycles. The third-order valence-corrected chi connectivity index (χ3v) is 6.15. The summed E-state index contributed by atoms with van der Waals surface area (Å²) in [5.74, 6) is 0.624. The van der Waals surface area contributed by atoms with Gasteiger partial charge >= 0.3 is 0 Å². The highest BCUT2D eigenvalue weighted by Gasteiger charge is 2.42. The van der Waals surface area contributed by atoms with E-state index in [2.05, 4.69) is 72.6 Å². The minimum Gasteiger partial charge on any atom is -0.383 e. The summed E-state index contributed by atoms with van der Waals surface area (Å²) in [4.78, 5) is 6.23. The van der Waals surface area contributed by atoms with Gasteiger partial charge in [0.25, 0.3) is 0 Å². The van der Waals surface area contributed by atoms with Crippen molar-refractivity contribution < 1.29 is 5.11 Å². The van der Waals surface area contributed by atoms with Crippen LogP contribution in [0.5, 0.6) is 0 Å². The predicted octanol–water partition coefficient (Wildman–Crippen LogP) is 4.77. The number of benzene rings is 1. The molecule has 0 amide bonds. The second-order valence-electron chi connectivity index (χ2n) is 5.72. The van der Waals surface area contributed by atoms with E-state index >= 15 is 0 Å². The maximum absolute atomic E-state index is 11.2. The summed E-state index contributed by atoms with van der Waals surface area (Å²) >= 11 is 5.50. The minimum atomic E-state index is -0.873. The molecule has 0 bridgehead atoms. The van der Waals surface area contributed by atoms with E-state index in [1.54, 1.807) is 23.5 Å². The fourth-order valence-corrected chi connectivity index (χ4v) is 4.47. The first-order valence-corrected chi connectivity index (χ1v) is 9.27. The van der Waals surface area contributed by atoms with Gasteiger partial charge in [0, 0.05) is 20.4 Å². The van der Waals surface area contributed by atoms with Crippen LogP contribution in [-0.2, 0) is 5.60 Å². The minimum absolute atomic E-state index is 0.240. The lowest BCUT2D eigenvalue weighted by atomic mass is 9.77. The van der Waals surface area contributed by atoms with Crippen molar-refractivity contribution in [1.82, 2.24) is 4.98 Å². The lowest BCUT2D eigenvalue weighted by molar-refractivity contribution is -0.0392. The highest BCUT2D eigenvalue weighted by molar-refractivity contribution is 14.1. The molecule has 1 atom stereocenters. The quantitative estimate of drug-likeness (QED) is 0.572. The molecule has 0 radical (unpaired) electrons. The zero-order valence-electron chi connectivity index (χ0n) is 11.8. The van der Waals surface area contributed by atoms with Crippen molar-refractivity contribution >= 4 is 45.7 Å². The van der Waals surface area contributed by atoms with Crippen molar-refractivity contribution in [3.05, 3.63) is 44.4 Å². The van der Waals surface area contributed by atoms with E-state index in [4.69, 9.17) is 0 Å². The van der Waals surface area contributed by atoms with Crippen LogP contribution in [0.25, 0.3) is 0 Å². The second kappa shape index (κ2) is 6.34. The van der Waals surface area contributed by atoms with Gasteiger partial charge in [0.15, 0.2) is 0 Å². The standard InChI is InChI=1S/C15H18INOS2/c1-14(2,3)15(18,13-8-17-10-20-13)9-19-12-6-4-11(16)5-7-12/h4-8,10,18H,9H2,1-3H3. The van der Waals surface area contributed by atoms with Crippen molar-refractivity contribution in [2.24, 2.45) is 5.41 Å². The average molecular weight is 419 g/mol. The molecule has 0 aliphatic rings. The molecule has 2 aromatic rings. The van der Waals surface area contributed by atoms with Crippen LogP contribution in [0.1, 0.15) is 25.6 Å². The van der Waals surface area contributed by atoms with Gasteiger partial charge in [-0.2, -0.15) is 0 Å². The monoisotopic (exact) mass is 419 g/mol. The molecule has 2 rings (SSSR count). The number of thioether (sulfide) groups is 1. The zero-order valence-corrected chi connectivity index (χ0v) is 15.6. The van der Waals surface area contributed by atoms with Crippen LogP contribution >= 0.6 is 45.7 Å². The summed E-state index contributed by atoms with van der Waals surface area (Å²) in [5, 5.41) is 11.2. The fraction of sp³-hybridized carbons (Fsp3) is 0.400. The number of thiazole rings is 1. The molecule has 0 aliphatic heterocycles. The third kappa shape index (κ3) is 3.55. The molecule has 0 saturated carbocycles. The zero-order chi connectivity index (χ0) is 14.8. The number of hydrogen-bond donors (Lipinski definition) is 1. The first-order valence-electron chi connectivity index (χ1n) is 6.33. The summed E-state index contributed by atoms with van der Waals surface area (Å²) in [7, 11) is 0. The Labute approximate surface area is 142 Å². The molecule has 2 nitrogen and oxygen atoms in total. The first-order chi connectivity index (χ1) is 9.33. The molecule has 0 aliphatic carbocycles. The highest BCUT2D eigenvalue weighted by atomic mass is 127. The Morgan fingerprint density at radius 2 is 1.90 bits per heavy atom. The van der Waals surface area contributed by atoms with Gasteiger partial charge < -0.3 is 5.11 Å². The molecule has 0 fully saturated rings. The smallest absolute Gasteiger partial charge is 0.114 e. The SMILES string of the molecule is CC(C)(C)C(O)(CSc1ccc(I)cc1)c1cncs1. The normalized spacial score (nSPS) is 15.1. The van der Waals surface area contributed by atoms with Crippen molar-refractivity contribution in [1.29, 1.82) is 0 Å². The van der Waals surface area contributed by atoms with E-state index in [0.29, 0.717) is 5.75 Å². The molecule has 20 heavy (non-hydrogen) atoms. The second-order valence-corrected chi connectivity index (χ2v) is 8.90. The van der Waals surface area contributed by atoms with E-state index in [1.165, 1.54) is 19.8 Å². The Morgan fingerprint density at radius 3 is 2.40 bits per heavy atom. The van der Waals surface area contributed by atoms with Crippen molar-refractivity contribution in [2.45, 2.75) is 31.3 Å². The highest BCUT2D eigenvalue weighted by Crippen LogP contribution is 2.44. The van der Waals surface area contributed by atoms with E-state index < -0.39 is 5.60 Å².